The van der Waals surface area contributed by atoms with Crippen molar-refractivity contribution < 1.29 is 10.0 Å². The summed E-state index contributed by atoms with van der Waals surface area (Å²) in [4.78, 5) is 14.2. The first-order chi connectivity index (χ1) is 8.48. The number of hydrogen-bond acceptors (Lipinski definition) is 3. The van der Waals surface area contributed by atoms with Crippen LogP contribution in [0.15, 0.2) is 29.4 Å². The van der Waals surface area contributed by atoms with E-state index in [-0.39, 0.29) is 11.7 Å². The summed E-state index contributed by atoms with van der Waals surface area (Å²) < 4.78 is 0. The van der Waals surface area contributed by atoms with Crippen molar-refractivity contribution in [2.75, 3.05) is 11.4 Å². The maximum atomic E-state index is 12.5. The molecule has 3 N–H and O–H groups in total. The third kappa shape index (κ3) is 1.81. The largest absolute Gasteiger partial charge is 0.409 e. The Morgan fingerprint density at radius 2 is 2.11 bits per heavy atom. The van der Waals surface area contributed by atoms with Gasteiger partial charge in [-0.05, 0) is 31.9 Å². The molecule has 0 bridgehead atoms. The van der Waals surface area contributed by atoms with Crippen LogP contribution in [-0.4, -0.2) is 23.5 Å². The van der Waals surface area contributed by atoms with Crippen molar-refractivity contribution in [3.8, 4) is 0 Å². The number of nitrogens with two attached hydrogens (primary N) is 1. The average molecular weight is 247 g/mol. The highest BCUT2D eigenvalue weighted by molar-refractivity contribution is 6.12. The molecule has 0 atom stereocenters. The highest BCUT2D eigenvalue weighted by Gasteiger charge is 2.39. The third-order valence-corrected chi connectivity index (χ3v) is 3.42. The van der Waals surface area contributed by atoms with E-state index < -0.39 is 5.41 Å². The molecule has 0 spiro atoms. The van der Waals surface area contributed by atoms with Crippen LogP contribution >= 0.6 is 0 Å². The van der Waals surface area contributed by atoms with Crippen molar-refractivity contribution in [3.63, 3.8) is 0 Å². The second-order valence-corrected chi connectivity index (χ2v) is 4.95. The molecular formula is C13H17N3O2. The van der Waals surface area contributed by atoms with Crippen LogP contribution in [0.4, 0.5) is 5.69 Å². The predicted octanol–water partition coefficient (Wildman–Crippen LogP) is 1.35. The van der Waals surface area contributed by atoms with Crippen molar-refractivity contribution in [2.45, 2.75) is 20.3 Å². The molecule has 2 rings (SSSR count). The smallest absolute Gasteiger partial charge is 0.240 e. The molecule has 0 aromatic heterocycles. The molecule has 1 heterocycles. The SMILES string of the molecule is CC(C)(C(=O)N1CCc2ccccc21)C(N)=NO. The number of amides is 1. The molecule has 5 nitrogen and oxygen atoms in total. The lowest BCUT2D eigenvalue weighted by molar-refractivity contribution is -0.123. The summed E-state index contributed by atoms with van der Waals surface area (Å²) in [5.41, 5.74) is 6.66. The van der Waals surface area contributed by atoms with Crippen LogP contribution < -0.4 is 10.6 Å². The zero-order chi connectivity index (χ0) is 13.3. The van der Waals surface area contributed by atoms with Crippen molar-refractivity contribution in [3.05, 3.63) is 29.8 Å². The quantitative estimate of drug-likeness (QED) is 0.358. The fourth-order valence-corrected chi connectivity index (χ4v) is 2.12. The second-order valence-electron chi connectivity index (χ2n) is 4.95. The molecule has 96 valence electrons. The Labute approximate surface area is 106 Å². The van der Waals surface area contributed by atoms with Crippen LogP contribution in [0.3, 0.4) is 0 Å². The Hall–Kier alpha value is -2.04. The van der Waals surface area contributed by atoms with Crippen molar-refractivity contribution in [2.24, 2.45) is 16.3 Å². The molecule has 0 fully saturated rings. The molecule has 18 heavy (non-hydrogen) atoms. The lowest BCUT2D eigenvalue weighted by Gasteiger charge is -2.28. The summed E-state index contributed by atoms with van der Waals surface area (Å²) in [6.45, 7) is 3.96. The fraction of sp³-hybridized carbons (Fsp3) is 0.385. The number of oxime groups is 1. The van der Waals surface area contributed by atoms with E-state index in [1.807, 2.05) is 24.3 Å². The molecule has 0 radical (unpaired) electrons. The Kier molecular flexibility index (Phi) is 2.98. The van der Waals surface area contributed by atoms with E-state index in [1.54, 1.807) is 18.7 Å². The van der Waals surface area contributed by atoms with Gasteiger partial charge in [0.25, 0.3) is 0 Å². The summed E-state index contributed by atoms with van der Waals surface area (Å²) in [5, 5.41) is 11.7. The van der Waals surface area contributed by atoms with E-state index in [0.29, 0.717) is 6.54 Å². The van der Waals surface area contributed by atoms with Crippen LogP contribution in [0.25, 0.3) is 0 Å². The first-order valence-corrected chi connectivity index (χ1v) is 5.86. The zero-order valence-corrected chi connectivity index (χ0v) is 10.6. The number of benzene rings is 1. The summed E-state index contributed by atoms with van der Waals surface area (Å²) in [6, 6.07) is 7.80. The molecule has 1 amide bonds. The molecule has 0 saturated carbocycles. The number of nitrogens with zero attached hydrogens (tertiary/aromatic N) is 2. The number of hydrogen-bond donors (Lipinski definition) is 2. The van der Waals surface area contributed by atoms with Gasteiger partial charge in [0.05, 0.1) is 0 Å². The Morgan fingerprint density at radius 1 is 1.44 bits per heavy atom. The van der Waals surface area contributed by atoms with Crippen LogP contribution in [0, 0.1) is 5.41 Å². The molecule has 0 saturated heterocycles. The van der Waals surface area contributed by atoms with Crippen molar-refractivity contribution in [1.29, 1.82) is 0 Å². The minimum atomic E-state index is -1.01. The van der Waals surface area contributed by atoms with E-state index in [4.69, 9.17) is 10.9 Å². The summed E-state index contributed by atoms with van der Waals surface area (Å²) in [6.07, 6.45) is 0.841. The van der Waals surface area contributed by atoms with Gasteiger partial charge in [0.15, 0.2) is 5.84 Å². The maximum Gasteiger partial charge on any atom is 0.240 e. The van der Waals surface area contributed by atoms with Gasteiger partial charge in [0, 0.05) is 12.2 Å². The van der Waals surface area contributed by atoms with Crippen LogP contribution in [0.1, 0.15) is 19.4 Å². The van der Waals surface area contributed by atoms with E-state index in [1.165, 1.54) is 0 Å². The number of rotatable bonds is 2. The number of anilines is 1. The monoisotopic (exact) mass is 247 g/mol. The minimum absolute atomic E-state index is 0.0723. The summed E-state index contributed by atoms with van der Waals surface area (Å²) >= 11 is 0. The van der Waals surface area contributed by atoms with Crippen molar-refractivity contribution in [1.82, 2.24) is 0 Å². The summed E-state index contributed by atoms with van der Waals surface area (Å²) in [5.74, 6) is -0.223. The lowest BCUT2D eigenvalue weighted by Crippen LogP contribution is -2.47. The average Bonchev–Trinajstić information content (AvgIpc) is 2.80. The van der Waals surface area contributed by atoms with Gasteiger partial charge in [0.1, 0.15) is 5.41 Å². The van der Waals surface area contributed by atoms with Gasteiger partial charge in [-0.1, -0.05) is 23.4 Å². The maximum absolute atomic E-state index is 12.5. The highest BCUT2D eigenvalue weighted by Crippen LogP contribution is 2.31. The Morgan fingerprint density at radius 3 is 2.78 bits per heavy atom. The predicted molar refractivity (Wildman–Crippen MR) is 69.7 cm³/mol. The Bertz CT molecular complexity index is 509. The minimum Gasteiger partial charge on any atom is -0.409 e. The molecule has 1 aliphatic rings. The van der Waals surface area contributed by atoms with Gasteiger partial charge in [-0.2, -0.15) is 0 Å². The van der Waals surface area contributed by atoms with Crippen molar-refractivity contribution >= 4 is 17.4 Å². The van der Waals surface area contributed by atoms with Gasteiger partial charge in [0.2, 0.25) is 5.91 Å². The van der Waals surface area contributed by atoms with Gasteiger partial charge in [-0.3, -0.25) is 4.79 Å². The summed E-state index contributed by atoms with van der Waals surface area (Å²) in [7, 11) is 0. The molecule has 5 heteroatoms. The van der Waals surface area contributed by atoms with Crippen LogP contribution in [0.2, 0.25) is 0 Å². The normalized spacial score (nSPS) is 15.7. The van der Waals surface area contributed by atoms with Crippen LogP contribution in [-0.2, 0) is 11.2 Å². The molecule has 1 aliphatic heterocycles. The Balaban J connectivity index is 2.33. The fourth-order valence-electron chi connectivity index (χ4n) is 2.12. The number of carbonyl (C=O) groups excluding carboxylic acids is 1. The lowest BCUT2D eigenvalue weighted by atomic mass is 9.90. The number of carbonyl (C=O) groups is 1. The highest BCUT2D eigenvalue weighted by atomic mass is 16.4. The number of fused-ring (bicyclic) bond motifs is 1. The molecule has 0 unspecified atom stereocenters. The second kappa shape index (κ2) is 4.33. The number of para-hydroxylation sites is 1. The van der Waals surface area contributed by atoms with E-state index in [2.05, 4.69) is 5.16 Å². The topological polar surface area (TPSA) is 78.9 Å². The third-order valence-electron chi connectivity index (χ3n) is 3.42. The van der Waals surface area contributed by atoms with E-state index in [0.717, 1.165) is 17.7 Å². The van der Waals surface area contributed by atoms with Gasteiger partial charge < -0.3 is 15.8 Å². The molecule has 0 aliphatic carbocycles. The zero-order valence-electron chi connectivity index (χ0n) is 10.6. The number of amidine groups is 1. The molecular weight excluding hydrogens is 230 g/mol. The first kappa shape index (κ1) is 12.4. The first-order valence-electron chi connectivity index (χ1n) is 5.86. The van der Waals surface area contributed by atoms with Gasteiger partial charge in [-0.25, -0.2) is 0 Å². The molecule has 1 aromatic rings. The standard InChI is InChI=1S/C13H17N3O2/c1-13(2,11(14)15-18)12(17)16-8-7-9-5-3-4-6-10(9)16/h3-6,18H,7-8H2,1-2H3,(H2,14,15). The van der Waals surface area contributed by atoms with Gasteiger partial charge >= 0.3 is 0 Å². The van der Waals surface area contributed by atoms with Gasteiger partial charge in [-0.15, -0.1) is 0 Å². The van der Waals surface area contributed by atoms with E-state index in [9.17, 15) is 4.79 Å². The van der Waals surface area contributed by atoms with E-state index >= 15 is 0 Å². The van der Waals surface area contributed by atoms with Crippen LogP contribution in [0.5, 0.6) is 0 Å². The molecule has 1 aromatic carbocycles.